The number of carbonyl (C=O) groups is 1. The Bertz CT molecular complexity index is 1130. The number of amides is 1. The van der Waals surface area contributed by atoms with Crippen LogP contribution in [0.3, 0.4) is 0 Å². The topological polar surface area (TPSA) is 84.2 Å². The fraction of sp³-hybridized carbons (Fsp3) is 0.150. The molecular weight excluding hydrogens is 349 g/mol. The lowest BCUT2D eigenvalue weighted by molar-refractivity contribution is -0.124. The van der Waals surface area contributed by atoms with Crippen molar-refractivity contribution in [2.75, 3.05) is 0 Å². The summed E-state index contributed by atoms with van der Waals surface area (Å²) < 4.78 is 15.8. The smallest absolute Gasteiger partial charge is 0.267 e. The van der Waals surface area contributed by atoms with Crippen LogP contribution in [0.1, 0.15) is 22.5 Å². The molecule has 0 fully saturated rings. The van der Waals surface area contributed by atoms with E-state index in [1.54, 1.807) is 6.92 Å². The minimum absolute atomic E-state index is 0.0424. The van der Waals surface area contributed by atoms with Gasteiger partial charge in [0.2, 0.25) is 0 Å². The van der Waals surface area contributed by atoms with Crippen molar-refractivity contribution in [2.45, 2.75) is 20.8 Å². The number of halogens is 1. The van der Waals surface area contributed by atoms with Gasteiger partial charge in [-0.25, -0.2) is 14.9 Å². The van der Waals surface area contributed by atoms with Crippen molar-refractivity contribution < 1.29 is 14.4 Å². The summed E-state index contributed by atoms with van der Waals surface area (Å²) in [6.45, 7) is 5.57. The Morgan fingerprint density at radius 2 is 1.81 bits per heavy atom. The largest absolute Gasteiger partial charge is 0.288 e. The van der Waals surface area contributed by atoms with E-state index in [4.69, 9.17) is 5.21 Å². The van der Waals surface area contributed by atoms with Crippen molar-refractivity contribution >= 4 is 22.9 Å². The van der Waals surface area contributed by atoms with Crippen LogP contribution in [0.5, 0.6) is 0 Å². The molecule has 1 aromatic heterocycles. The van der Waals surface area contributed by atoms with Crippen molar-refractivity contribution in [1.29, 1.82) is 0 Å². The van der Waals surface area contributed by atoms with Crippen molar-refractivity contribution in [1.82, 2.24) is 15.0 Å². The normalized spacial score (nSPS) is 11.3. The summed E-state index contributed by atoms with van der Waals surface area (Å²) in [5.74, 6) is -0.982. The van der Waals surface area contributed by atoms with Gasteiger partial charge in [0.15, 0.2) is 0 Å². The summed E-state index contributed by atoms with van der Waals surface area (Å²) in [7, 11) is 0. The second-order valence-corrected chi connectivity index (χ2v) is 6.35. The van der Waals surface area contributed by atoms with Gasteiger partial charge >= 0.3 is 0 Å². The molecule has 6 nitrogen and oxygen atoms in total. The van der Waals surface area contributed by atoms with Crippen molar-refractivity contribution in [2.24, 2.45) is 0 Å². The quantitative estimate of drug-likeness (QED) is 0.423. The van der Waals surface area contributed by atoms with Gasteiger partial charge in [-0.05, 0) is 56.2 Å². The summed E-state index contributed by atoms with van der Waals surface area (Å²) in [6, 6.07) is 8.27. The third-order valence-electron chi connectivity index (χ3n) is 4.14. The number of carbonyl (C=O) groups excluding carboxylic acids is 1. The van der Waals surface area contributed by atoms with Gasteiger partial charge in [0.1, 0.15) is 11.6 Å². The summed E-state index contributed by atoms with van der Waals surface area (Å²) in [5, 5.41) is 8.75. The van der Waals surface area contributed by atoms with Gasteiger partial charge in [-0.1, -0.05) is 6.07 Å². The maximum atomic E-state index is 14.3. The number of nitrogens with one attached hydrogen (secondary N) is 1. The average molecular weight is 367 g/mol. The van der Waals surface area contributed by atoms with Crippen LogP contribution in [0.15, 0.2) is 41.2 Å². The van der Waals surface area contributed by atoms with Crippen LogP contribution in [-0.2, 0) is 4.79 Å². The van der Waals surface area contributed by atoms with Crippen molar-refractivity contribution in [3.05, 3.63) is 75.1 Å². The molecule has 0 aliphatic rings. The first-order chi connectivity index (χ1) is 12.8. The molecule has 3 aromatic rings. The molecule has 0 saturated heterocycles. The summed E-state index contributed by atoms with van der Waals surface area (Å²) in [5.41, 5.74) is 4.08. The van der Waals surface area contributed by atoms with E-state index >= 15 is 0 Å². The second-order valence-electron chi connectivity index (χ2n) is 6.35. The standard InChI is InChI=1S/C20H18FN3O3/c1-11-6-12(2)8-15(7-11)24-13(3)22-18-10-17(21)14(4-5-19(25)23-27)9-16(18)20(24)26/h4-10,27H,1-3H3,(H,23,25)/b5-4+. The molecular formula is C20H18FN3O3. The molecule has 0 aliphatic heterocycles. The third-order valence-corrected chi connectivity index (χ3v) is 4.14. The van der Waals surface area contributed by atoms with Crippen LogP contribution in [-0.4, -0.2) is 20.7 Å². The van der Waals surface area contributed by atoms with Gasteiger partial charge in [-0.2, -0.15) is 0 Å². The predicted octanol–water partition coefficient (Wildman–Crippen LogP) is 2.97. The lowest BCUT2D eigenvalue weighted by Crippen LogP contribution is -2.22. The summed E-state index contributed by atoms with van der Waals surface area (Å²) in [4.78, 5) is 28.6. The molecule has 1 heterocycles. The van der Waals surface area contributed by atoms with Gasteiger partial charge in [-0.3, -0.25) is 19.4 Å². The molecule has 7 heteroatoms. The van der Waals surface area contributed by atoms with Crippen LogP contribution < -0.4 is 11.0 Å². The fourth-order valence-electron chi connectivity index (χ4n) is 3.05. The van der Waals surface area contributed by atoms with E-state index in [2.05, 4.69) is 4.98 Å². The summed E-state index contributed by atoms with van der Waals surface area (Å²) in [6.07, 6.45) is 2.15. The second kappa shape index (κ2) is 7.13. The van der Waals surface area contributed by atoms with Gasteiger partial charge in [-0.15, -0.1) is 0 Å². The zero-order valence-electron chi connectivity index (χ0n) is 15.1. The lowest BCUT2D eigenvalue weighted by atomic mass is 10.1. The van der Waals surface area contributed by atoms with Gasteiger partial charge in [0, 0.05) is 17.7 Å². The number of hydroxylamine groups is 1. The molecule has 0 atom stereocenters. The van der Waals surface area contributed by atoms with Crippen LogP contribution in [0.25, 0.3) is 22.7 Å². The molecule has 0 bridgehead atoms. The van der Waals surface area contributed by atoms with Gasteiger partial charge in [0.05, 0.1) is 16.6 Å². The first kappa shape index (κ1) is 18.5. The number of aryl methyl sites for hydroxylation is 3. The molecule has 2 aromatic carbocycles. The molecule has 0 spiro atoms. The van der Waals surface area contributed by atoms with Crippen molar-refractivity contribution in [3.8, 4) is 5.69 Å². The number of benzene rings is 2. The Kier molecular flexibility index (Phi) is 4.87. The minimum atomic E-state index is -0.802. The van der Waals surface area contributed by atoms with Crippen LogP contribution in [0.2, 0.25) is 0 Å². The number of hydrogen-bond acceptors (Lipinski definition) is 4. The number of hydrogen-bond donors (Lipinski definition) is 2. The Labute approximate surface area is 154 Å². The maximum absolute atomic E-state index is 14.3. The molecule has 0 aliphatic carbocycles. The highest BCUT2D eigenvalue weighted by Crippen LogP contribution is 2.19. The highest BCUT2D eigenvalue weighted by molar-refractivity contribution is 5.91. The van der Waals surface area contributed by atoms with Crippen LogP contribution >= 0.6 is 0 Å². The van der Waals surface area contributed by atoms with E-state index in [1.165, 1.54) is 22.2 Å². The average Bonchev–Trinajstić information content (AvgIpc) is 2.59. The van der Waals surface area contributed by atoms with E-state index in [9.17, 15) is 14.0 Å². The van der Waals surface area contributed by atoms with E-state index < -0.39 is 11.7 Å². The van der Waals surface area contributed by atoms with Gasteiger partial charge < -0.3 is 0 Å². The van der Waals surface area contributed by atoms with Crippen LogP contribution in [0.4, 0.5) is 4.39 Å². The minimum Gasteiger partial charge on any atom is -0.288 e. The van der Waals surface area contributed by atoms with Crippen molar-refractivity contribution in [3.63, 3.8) is 0 Å². The molecule has 0 unspecified atom stereocenters. The number of aromatic nitrogens is 2. The molecule has 0 radical (unpaired) electrons. The molecule has 0 saturated carbocycles. The maximum Gasteiger partial charge on any atom is 0.267 e. The van der Waals surface area contributed by atoms with E-state index in [0.717, 1.165) is 23.3 Å². The van der Waals surface area contributed by atoms with Crippen LogP contribution in [0, 0.1) is 26.6 Å². The highest BCUT2D eigenvalue weighted by Gasteiger charge is 2.13. The molecule has 138 valence electrons. The fourth-order valence-corrected chi connectivity index (χ4v) is 3.05. The molecule has 27 heavy (non-hydrogen) atoms. The van der Waals surface area contributed by atoms with E-state index in [0.29, 0.717) is 11.5 Å². The molecule has 1 amide bonds. The number of rotatable bonds is 3. The monoisotopic (exact) mass is 367 g/mol. The summed E-state index contributed by atoms with van der Waals surface area (Å²) >= 11 is 0. The lowest BCUT2D eigenvalue weighted by Gasteiger charge is -2.13. The SMILES string of the molecule is Cc1cc(C)cc(-n2c(C)nc3cc(F)c(/C=C/C(=O)NO)cc3c2=O)c1. The molecule has 3 rings (SSSR count). The first-order valence-electron chi connectivity index (χ1n) is 8.24. The Morgan fingerprint density at radius 3 is 2.44 bits per heavy atom. The van der Waals surface area contributed by atoms with Gasteiger partial charge in [0.25, 0.3) is 11.5 Å². The van der Waals surface area contributed by atoms with E-state index in [1.807, 2.05) is 32.0 Å². The Hall–Kier alpha value is -3.32. The predicted molar refractivity (Wildman–Crippen MR) is 100 cm³/mol. The molecule has 2 N–H and O–H groups in total. The first-order valence-corrected chi connectivity index (χ1v) is 8.24. The van der Waals surface area contributed by atoms with E-state index in [-0.39, 0.29) is 22.0 Å². The third kappa shape index (κ3) is 3.63. The number of nitrogens with zero attached hydrogens (tertiary/aromatic N) is 2. The number of fused-ring (bicyclic) bond motifs is 1. The zero-order chi connectivity index (χ0) is 19.7. The Balaban J connectivity index is 2.26. The zero-order valence-corrected chi connectivity index (χ0v) is 15.1. The highest BCUT2D eigenvalue weighted by atomic mass is 19.1. The Morgan fingerprint density at radius 1 is 1.15 bits per heavy atom.